The number of halogens is 1. The zero-order valence-electron chi connectivity index (χ0n) is 6.47. The van der Waals surface area contributed by atoms with Crippen molar-refractivity contribution in [1.29, 1.82) is 0 Å². The van der Waals surface area contributed by atoms with Crippen molar-refractivity contribution in [3.63, 3.8) is 0 Å². The standard InChI is InChI=1S/C6H15NO.ClH/c1-5(7)6(2,3)8-4;/h5H,7H2,1-4H3;1H. The molecule has 0 aliphatic heterocycles. The number of methoxy groups -OCH3 is 1. The normalized spacial score (nSPS) is 14.3. The van der Waals surface area contributed by atoms with Gasteiger partial charge in [-0.2, -0.15) is 0 Å². The molecule has 9 heavy (non-hydrogen) atoms. The predicted molar refractivity (Wildman–Crippen MR) is 42.0 cm³/mol. The molecular weight excluding hydrogens is 138 g/mol. The molecule has 1 unspecified atom stereocenters. The minimum Gasteiger partial charge on any atom is -0.377 e. The Balaban J connectivity index is 0. The maximum absolute atomic E-state index is 5.56. The Morgan fingerprint density at radius 3 is 1.78 bits per heavy atom. The summed E-state index contributed by atoms with van der Waals surface area (Å²) in [5.74, 6) is 0. The summed E-state index contributed by atoms with van der Waals surface area (Å²) in [5, 5.41) is 0. The molecule has 3 heteroatoms. The molecule has 0 rings (SSSR count). The molecule has 0 aromatic rings. The monoisotopic (exact) mass is 153 g/mol. The largest absolute Gasteiger partial charge is 0.377 e. The zero-order chi connectivity index (χ0) is 6.78. The molecular formula is C6H16ClNO. The van der Waals surface area contributed by atoms with E-state index in [9.17, 15) is 0 Å². The number of ether oxygens (including phenoxy) is 1. The topological polar surface area (TPSA) is 35.2 Å². The molecule has 0 aliphatic rings. The Bertz CT molecular complexity index is 73.5. The molecule has 1 atom stereocenters. The molecule has 0 amide bonds. The molecule has 0 aliphatic carbocycles. The maximum atomic E-state index is 5.56. The summed E-state index contributed by atoms with van der Waals surface area (Å²) in [7, 11) is 1.67. The molecule has 2 N–H and O–H groups in total. The number of rotatable bonds is 2. The molecule has 0 aromatic heterocycles. The van der Waals surface area contributed by atoms with Gasteiger partial charge in [0.05, 0.1) is 5.60 Å². The van der Waals surface area contributed by atoms with E-state index in [1.807, 2.05) is 20.8 Å². The molecule has 58 valence electrons. The lowest BCUT2D eigenvalue weighted by Gasteiger charge is -2.26. The van der Waals surface area contributed by atoms with Crippen LogP contribution in [-0.4, -0.2) is 18.8 Å². The van der Waals surface area contributed by atoms with Crippen LogP contribution in [0.5, 0.6) is 0 Å². The van der Waals surface area contributed by atoms with Crippen LogP contribution < -0.4 is 5.73 Å². The van der Waals surface area contributed by atoms with Crippen LogP contribution in [0.3, 0.4) is 0 Å². The number of hydrogen-bond donors (Lipinski definition) is 1. The van der Waals surface area contributed by atoms with Crippen molar-refractivity contribution >= 4 is 12.4 Å². The fourth-order valence-electron chi connectivity index (χ4n) is 0.186. The molecule has 0 spiro atoms. The third kappa shape index (κ3) is 3.73. The van der Waals surface area contributed by atoms with Gasteiger partial charge in [0.25, 0.3) is 0 Å². The Morgan fingerprint density at radius 1 is 1.44 bits per heavy atom. The highest BCUT2D eigenvalue weighted by atomic mass is 35.5. The summed E-state index contributed by atoms with van der Waals surface area (Å²) in [6, 6.07) is 0.0903. The third-order valence-corrected chi connectivity index (χ3v) is 1.62. The highest BCUT2D eigenvalue weighted by Gasteiger charge is 2.20. The van der Waals surface area contributed by atoms with Crippen molar-refractivity contribution in [3.8, 4) is 0 Å². The van der Waals surface area contributed by atoms with E-state index in [2.05, 4.69) is 0 Å². The van der Waals surface area contributed by atoms with E-state index in [1.54, 1.807) is 7.11 Å². The van der Waals surface area contributed by atoms with Crippen molar-refractivity contribution in [2.45, 2.75) is 32.4 Å². The smallest absolute Gasteiger partial charge is 0.0770 e. The first-order valence-corrected chi connectivity index (χ1v) is 2.81. The fraction of sp³-hybridized carbons (Fsp3) is 1.00. The van der Waals surface area contributed by atoms with Gasteiger partial charge in [-0.05, 0) is 20.8 Å². The summed E-state index contributed by atoms with van der Waals surface area (Å²) < 4.78 is 5.07. The first-order chi connectivity index (χ1) is 3.50. The SMILES string of the molecule is COC(C)(C)C(C)N.Cl. The third-order valence-electron chi connectivity index (χ3n) is 1.62. The molecule has 2 nitrogen and oxygen atoms in total. The highest BCUT2D eigenvalue weighted by Crippen LogP contribution is 2.09. The van der Waals surface area contributed by atoms with Crippen LogP contribution in [0.25, 0.3) is 0 Å². The summed E-state index contributed by atoms with van der Waals surface area (Å²) in [6.07, 6.45) is 0. The van der Waals surface area contributed by atoms with E-state index in [0.717, 1.165) is 0 Å². The molecule has 0 radical (unpaired) electrons. The maximum Gasteiger partial charge on any atom is 0.0770 e. The van der Waals surface area contributed by atoms with E-state index in [1.165, 1.54) is 0 Å². The minimum absolute atomic E-state index is 0. The summed E-state index contributed by atoms with van der Waals surface area (Å²) in [5.41, 5.74) is 5.38. The zero-order valence-corrected chi connectivity index (χ0v) is 7.29. The van der Waals surface area contributed by atoms with E-state index < -0.39 is 0 Å². The van der Waals surface area contributed by atoms with Gasteiger partial charge in [-0.1, -0.05) is 0 Å². The second-order valence-electron chi connectivity index (χ2n) is 2.60. The van der Waals surface area contributed by atoms with Gasteiger partial charge in [-0.3, -0.25) is 0 Å². The Labute approximate surface area is 63.2 Å². The second-order valence-corrected chi connectivity index (χ2v) is 2.60. The lowest BCUT2D eigenvalue weighted by atomic mass is 10.0. The van der Waals surface area contributed by atoms with E-state index in [4.69, 9.17) is 10.5 Å². The van der Waals surface area contributed by atoms with Crippen molar-refractivity contribution in [2.24, 2.45) is 5.73 Å². The first-order valence-electron chi connectivity index (χ1n) is 2.81. The number of nitrogens with two attached hydrogens (primary N) is 1. The van der Waals surface area contributed by atoms with Crippen molar-refractivity contribution < 1.29 is 4.74 Å². The highest BCUT2D eigenvalue weighted by molar-refractivity contribution is 5.85. The van der Waals surface area contributed by atoms with Gasteiger partial charge in [-0.15, -0.1) is 12.4 Å². The van der Waals surface area contributed by atoms with Crippen molar-refractivity contribution in [3.05, 3.63) is 0 Å². The average molecular weight is 154 g/mol. The van der Waals surface area contributed by atoms with Gasteiger partial charge in [0, 0.05) is 13.2 Å². The molecule has 0 saturated carbocycles. The van der Waals surface area contributed by atoms with Gasteiger partial charge in [0.2, 0.25) is 0 Å². The van der Waals surface area contributed by atoms with Gasteiger partial charge >= 0.3 is 0 Å². The van der Waals surface area contributed by atoms with Crippen LogP contribution in [0.4, 0.5) is 0 Å². The lowest BCUT2D eigenvalue weighted by Crippen LogP contribution is -2.42. The van der Waals surface area contributed by atoms with Crippen LogP contribution in [0.1, 0.15) is 20.8 Å². The van der Waals surface area contributed by atoms with Crippen LogP contribution >= 0.6 is 12.4 Å². The molecule has 0 aromatic carbocycles. The van der Waals surface area contributed by atoms with Gasteiger partial charge in [-0.25, -0.2) is 0 Å². The predicted octanol–water partition coefficient (Wildman–Crippen LogP) is 1.18. The Kier molecular flexibility index (Phi) is 5.43. The summed E-state index contributed by atoms with van der Waals surface area (Å²) in [6.45, 7) is 5.87. The molecule has 0 heterocycles. The first kappa shape index (κ1) is 11.9. The minimum atomic E-state index is -0.181. The molecule has 0 fully saturated rings. The van der Waals surface area contributed by atoms with Crippen LogP contribution in [0.15, 0.2) is 0 Å². The summed E-state index contributed by atoms with van der Waals surface area (Å²) in [4.78, 5) is 0. The fourth-order valence-corrected chi connectivity index (χ4v) is 0.186. The van der Waals surface area contributed by atoms with Gasteiger partial charge in [0.1, 0.15) is 0 Å². The van der Waals surface area contributed by atoms with E-state index >= 15 is 0 Å². The number of hydrogen-bond acceptors (Lipinski definition) is 2. The van der Waals surface area contributed by atoms with Crippen LogP contribution in [-0.2, 0) is 4.74 Å². The molecule has 0 saturated heterocycles. The van der Waals surface area contributed by atoms with Crippen molar-refractivity contribution in [1.82, 2.24) is 0 Å². The van der Waals surface area contributed by atoms with E-state index in [0.29, 0.717) is 0 Å². The second kappa shape index (κ2) is 4.09. The van der Waals surface area contributed by atoms with Gasteiger partial charge < -0.3 is 10.5 Å². The Hall–Kier alpha value is 0.210. The quantitative estimate of drug-likeness (QED) is 0.647. The van der Waals surface area contributed by atoms with Crippen molar-refractivity contribution in [2.75, 3.05) is 7.11 Å². The Morgan fingerprint density at radius 2 is 1.78 bits per heavy atom. The summed E-state index contributed by atoms with van der Waals surface area (Å²) >= 11 is 0. The average Bonchev–Trinajstić information content (AvgIpc) is 1.67. The molecule has 0 bridgehead atoms. The lowest BCUT2D eigenvalue weighted by molar-refractivity contribution is 0.00545. The van der Waals surface area contributed by atoms with Crippen LogP contribution in [0.2, 0.25) is 0 Å². The van der Waals surface area contributed by atoms with E-state index in [-0.39, 0.29) is 24.0 Å². The van der Waals surface area contributed by atoms with Crippen LogP contribution in [0, 0.1) is 0 Å². The van der Waals surface area contributed by atoms with Gasteiger partial charge in [0.15, 0.2) is 0 Å².